The summed E-state index contributed by atoms with van der Waals surface area (Å²) in [6, 6.07) is 22.2. The van der Waals surface area contributed by atoms with Crippen LogP contribution < -0.4 is 20.1 Å². The number of para-hydroxylation sites is 1. The Morgan fingerprint density at radius 1 is 0.800 bits per heavy atom. The van der Waals surface area contributed by atoms with Crippen LogP contribution in [0.2, 0.25) is 40.2 Å². The molecule has 5 aromatic rings. The van der Waals surface area contributed by atoms with E-state index in [2.05, 4.69) is 10.7 Å². The van der Waals surface area contributed by atoms with Gasteiger partial charge in [0.2, 0.25) is 0 Å². The molecule has 0 aromatic heterocycles. The van der Waals surface area contributed by atoms with Gasteiger partial charge in [-0.25, -0.2) is 18.4 Å². The summed E-state index contributed by atoms with van der Waals surface area (Å²) in [6.45, 7) is 1.85. The van der Waals surface area contributed by atoms with E-state index in [1.807, 2.05) is 6.92 Å². The van der Waals surface area contributed by atoms with Crippen LogP contribution in [0.4, 0.5) is 22.7 Å². The third kappa shape index (κ3) is 8.34. The van der Waals surface area contributed by atoms with E-state index in [1.54, 1.807) is 54.6 Å². The van der Waals surface area contributed by atoms with Gasteiger partial charge in [-0.05, 0) is 61.5 Å². The maximum atomic E-state index is 14.4. The Labute approximate surface area is 360 Å². The number of nitrogens with zero attached hydrogens (tertiary/aromatic N) is 3. The van der Waals surface area contributed by atoms with Crippen LogP contribution in [-0.2, 0) is 14.8 Å². The van der Waals surface area contributed by atoms with E-state index < -0.39 is 27.1 Å². The number of nitrogens with one attached hydrogen (secondary N) is 2. The van der Waals surface area contributed by atoms with Gasteiger partial charge in [0.05, 0.1) is 62.0 Å². The molecule has 0 bridgehead atoms. The topological polar surface area (TPSA) is 111 Å². The SMILES string of the molecule is Cc1ccc(S(=O)(=O)N(C)c2ccccc2SC2C(=O)N(c3c(Cl)c(Cl)c(Cl)c(Cl)c3Cl)NC2=Nc2cc(NC(=O)c3cccc(Cl)c3Cl)ccc2Cl)cc1. The van der Waals surface area contributed by atoms with Gasteiger partial charge in [-0.1, -0.05) is 129 Å². The second-order valence-corrected chi connectivity index (χ2v) is 17.9. The van der Waals surface area contributed by atoms with E-state index in [9.17, 15) is 18.0 Å². The molecular formula is C36H23Cl8N5O4S2. The molecule has 55 heavy (non-hydrogen) atoms. The number of hydrazine groups is 1. The van der Waals surface area contributed by atoms with Crippen molar-refractivity contribution in [1.82, 2.24) is 5.43 Å². The van der Waals surface area contributed by atoms with Gasteiger partial charge in [-0.2, -0.15) is 0 Å². The summed E-state index contributed by atoms with van der Waals surface area (Å²) >= 11 is 52.2. The van der Waals surface area contributed by atoms with Crippen LogP contribution in [0.1, 0.15) is 15.9 Å². The monoisotopic (exact) mass is 933 g/mol. The second kappa shape index (κ2) is 16.8. The molecule has 1 fully saturated rings. The van der Waals surface area contributed by atoms with Gasteiger partial charge in [-0.15, -0.1) is 11.8 Å². The van der Waals surface area contributed by atoms with Crippen LogP contribution in [0.25, 0.3) is 0 Å². The van der Waals surface area contributed by atoms with E-state index >= 15 is 0 Å². The largest absolute Gasteiger partial charge is 0.322 e. The molecule has 0 aliphatic carbocycles. The Morgan fingerprint density at radius 2 is 1.44 bits per heavy atom. The van der Waals surface area contributed by atoms with Crippen molar-refractivity contribution in [3.05, 3.63) is 136 Å². The molecule has 9 nitrogen and oxygen atoms in total. The van der Waals surface area contributed by atoms with Crippen molar-refractivity contribution in [1.29, 1.82) is 0 Å². The molecule has 0 radical (unpaired) electrons. The molecule has 1 aliphatic rings. The highest BCUT2D eigenvalue weighted by molar-refractivity contribution is 8.01. The van der Waals surface area contributed by atoms with Gasteiger partial charge < -0.3 is 5.32 Å². The molecular weight excluding hydrogens is 914 g/mol. The number of aryl methyl sites for hydroxylation is 1. The minimum Gasteiger partial charge on any atom is -0.322 e. The van der Waals surface area contributed by atoms with Gasteiger partial charge in [0.1, 0.15) is 16.8 Å². The normalized spacial score (nSPS) is 15.0. The summed E-state index contributed by atoms with van der Waals surface area (Å²) in [5.41, 5.74) is 4.55. The number of carbonyl (C=O) groups is 2. The molecule has 284 valence electrons. The first-order valence-electron chi connectivity index (χ1n) is 15.6. The fourth-order valence-electron chi connectivity index (χ4n) is 5.23. The molecule has 5 aromatic carbocycles. The van der Waals surface area contributed by atoms with Crippen molar-refractivity contribution in [3.63, 3.8) is 0 Å². The van der Waals surface area contributed by atoms with Gasteiger partial charge in [0.25, 0.3) is 21.8 Å². The van der Waals surface area contributed by atoms with Gasteiger partial charge in [-0.3, -0.25) is 19.3 Å². The Morgan fingerprint density at radius 3 is 2.11 bits per heavy atom. The first-order valence-corrected chi connectivity index (χ1v) is 20.9. The number of amides is 2. The number of halogens is 8. The van der Waals surface area contributed by atoms with Gasteiger partial charge >= 0.3 is 0 Å². The highest BCUT2D eigenvalue weighted by Gasteiger charge is 2.43. The second-order valence-electron chi connectivity index (χ2n) is 11.7. The minimum atomic E-state index is -4.03. The van der Waals surface area contributed by atoms with Crippen molar-refractivity contribution in [2.75, 3.05) is 21.7 Å². The summed E-state index contributed by atoms with van der Waals surface area (Å²) in [4.78, 5) is 32.8. The van der Waals surface area contributed by atoms with Crippen LogP contribution in [0.15, 0.2) is 99.7 Å². The van der Waals surface area contributed by atoms with Crippen LogP contribution in [0, 0.1) is 6.92 Å². The quantitative estimate of drug-likeness (QED) is 0.112. The van der Waals surface area contributed by atoms with E-state index in [0.717, 1.165) is 26.6 Å². The van der Waals surface area contributed by atoms with Crippen molar-refractivity contribution in [2.24, 2.45) is 4.99 Å². The highest BCUT2D eigenvalue weighted by atomic mass is 35.5. The van der Waals surface area contributed by atoms with Gasteiger partial charge in [0, 0.05) is 17.6 Å². The molecule has 2 amide bonds. The number of sulfonamides is 1. The average molecular weight is 937 g/mol. The zero-order chi connectivity index (χ0) is 39.9. The fraction of sp³-hybridized carbons (Fsp3) is 0.0833. The maximum Gasteiger partial charge on any atom is 0.267 e. The van der Waals surface area contributed by atoms with Crippen molar-refractivity contribution < 1.29 is 18.0 Å². The number of amidine groups is 1. The predicted molar refractivity (Wildman–Crippen MR) is 228 cm³/mol. The number of hydrogen-bond donors (Lipinski definition) is 2. The Kier molecular flexibility index (Phi) is 12.7. The zero-order valence-corrected chi connectivity index (χ0v) is 35.7. The van der Waals surface area contributed by atoms with E-state index in [0.29, 0.717) is 4.90 Å². The lowest BCUT2D eigenvalue weighted by Gasteiger charge is -2.23. The number of rotatable bonds is 9. The number of anilines is 3. The fourth-order valence-corrected chi connectivity index (χ4v) is 9.51. The van der Waals surface area contributed by atoms with Crippen LogP contribution in [-0.4, -0.2) is 38.4 Å². The number of hydrogen-bond acceptors (Lipinski definition) is 6. The highest BCUT2D eigenvalue weighted by Crippen LogP contribution is 2.49. The van der Waals surface area contributed by atoms with E-state index in [4.69, 9.17) is 97.8 Å². The summed E-state index contributed by atoms with van der Waals surface area (Å²) < 4.78 is 28.6. The Bertz CT molecular complexity index is 2490. The number of thioether (sulfide) groups is 1. The van der Waals surface area contributed by atoms with Gasteiger partial charge in [0.15, 0.2) is 0 Å². The maximum absolute atomic E-state index is 14.4. The molecule has 19 heteroatoms. The number of aliphatic imine (C=N–C) groups is 1. The van der Waals surface area contributed by atoms with Crippen molar-refractivity contribution >= 4 is 155 Å². The van der Waals surface area contributed by atoms with Crippen LogP contribution in [0.5, 0.6) is 0 Å². The zero-order valence-electron chi connectivity index (χ0n) is 28.0. The Balaban J connectivity index is 1.43. The molecule has 1 saturated heterocycles. The lowest BCUT2D eigenvalue weighted by molar-refractivity contribution is -0.116. The summed E-state index contributed by atoms with van der Waals surface area (Å²) in [7, 11) is -2.62. The third-order valence-electron chi connectivity index (χ3n) is 8.10. The lowest BCUT2D eigenvalue weighted by atomic mass is 10.2. The predicted octanol–water partition coefficient (Wildman–Crippen LogP) is 12.0. The van der Waals surface area contributed by atoms with Crippen LogP contribution >= 0.6 is 105 Å². The smallest absolute Gasteiger partial charge is 0.267 e. The molecule has 2 N–H and O–H groups in total. The average Bonchev–Trinajstić information content (AvgIpc) is 3.45. The first kappa shape index (κ1) is 41.6. The third-order valence-corrected chi connectivity index (χ3v) is 14.5. The lowest BCUT2D eigenvalue weighted by Crippen LogP contribution is -2.36. The van der Waals surface area contributed by atoms with E-state index in [-0.39, 0.29) is 79.2 Å². The molecule has 6 rings (SSSR count). The van der Waals surface area contributed by atoms with Crippen molar-refractivity contribution in [3.8, 4) is 0 Å². The molecule has 0 spiro atoms. The minimum absolute atomic E-state index is 0.0199. The molecule has 1 unspecified atom stereocenters. The summed E-state index contributed by atoms with van der Waals surface area (Å²) in [5.74, 6) is -1.17. The van der Waals surface area contributed by atoms with Crippen molar-refractivity contribution in [2.45, 2.75) is 22.0 Å². The summed E-state index contributed by atoms with van der Waals surface area (Å²) in [6.07, 6.45) is 0. The standard InChI is InChI=1S/C36H23Cl8N5O4S2/c1-17-10-13-19(14-11-17)55(52,53)48(2)24-8-3-4-9-25(24)54-33-34(47-49(36(33)51)32-30(43)28(41)27(40)29(42)31(32)44)46-23-16-18(12-15-21(23)37)45-35(50)20-6-5-7-22(38)26(20)39/h3-16,33H,1-2H3,(H,45,50)(H,46,47). The molecule has 1 atom stereocenters. The number of benzene rings is 5. The molecule has 0 saturated carbocycles. The molecule has 1 aliphatic heterocycles. The first-order chi connectivity index (χ1) is 26.0. The Hall–Kier alpha value is -3.07. The summed E-state index contributed by atoms with van der Waals surface area (Å²) in [5, 5.41) is 2.20. The number of carbonyl (C=O) groups excluding carboxylic acids is 2. The van der Waals surface area contributed by atoms with Crippen LogP contribution in [0.3, 0.4) is 0 Å². The molecule has 1 heterocycles. The van der Waals surface area contributed by atoms with E-state index in [1.165, 1.54) is 37.4 Å².